The smallest absolute Gasteiger partial charge is 0.393 e. The van der Waals surface area contributed by atoms with Crippen LogP contribution < -0.4 is 0 Å². The van der Waals surface area contributed by atoms with E-state index < -0.39 is 11.7 Å². The minimum absolute atomic E-state index is 0.359. The van der Waals surface area contributed by atoms with Crippen LogP contribution in [0.1, 0.15) is 24.5 Å². The van der Waals surface area contributed by atoms with Crippen molar-refractivity contribution < 1.29 is 18.3 Å². The van der Waals surface area contributed by atoms with E-state index >= 15 is 0 Å². The van der Waals surface area contributed by atoms with Crippen molar-refractivity contribution in [3.63, 3.8) is 0 Å². The molecule has 2 aromatic carbocycles. The Morgan fingerprint density at radius 3 is 1.81 bits per heavy atom. The number of benzene rings is 2. The van der Waals surface area contributed by atoms with Crippen molar-refractivity contribution in [2.24, 2.45) is 0 Å². The summed E-state index contributed by atoms with van der Waals surface area (Å²) in [6.07, 6.45) is -3.38. The van der Waals surface area contributed by atoms with Gasteiger partial charge in [0.25, 0.3) is 0 Å². The lowest BCUT2D eigenvalue weighted by Crippen LogP contribution is -2.08. The Bertz CT molecular complexity index is 570. The molecule has 1 atom stereocenters. The van der Waals surface area contributed by atoms with E-state index in [4.69, 9.17) is 0 Å². The highest BCUT2D eigenvalue weighted by Gasteiger charge is 2.29. The van der Waals surface area contributed by atoms with Crippen LogP contribution in [0.15, 0.2) is 48.5 Å². The van der Waals surface area contributed by atoms with Gasteiger partial charge in [-0.05, 0) is 41.7 Å². The van der Waals surface area contributed by atoms with E-state index in [2.05, 4.69) is 0 Å². The second-order valence-corrected chi connectivity index (χ2v) is 5.04. The molecule has 0 aliphatic carbocycles. The summed E-state index contributed by atoms with van der Waals surface area (Å²) in [7, 11) is 0. The average molecular weight is 294 g/mol. The highest BCUT2D eigenvalue weighted by atomic mass is 19.4. The Morgan fingerprint density at radius 1 is 0.905 bits per heavy atom. The van der Waals surface area contributed by atoms with E-state index in [0.717, 1.165) is 28.8 Å². The Kier molecular flexibility index (Phi) is 4.68. The Balaban J connectivity index is 2.15. The zero-order valence-corrected chi connectivity index (χ0v) is 11.7. The van der Waals surface area contributed by atoms with Crippen molar-refractivity contribution >= 4 is 0 Å². The van der Waals surface area contributed by atoms with Gasteiger partial charge in [-0.2, -0.15) is 13.2 Å². The topological polar surface area (TPSA) is 20.2 Å². The first-order chi connectivity index (χ1) is 9.90. The largest absolute Gasteiger partial charge is 0.416 e. The number of halogens is 3. The molecule has 4 heteroatoms. The zero-order chi connectivity index (χ0) is 15.5. The van der Waals surface area contributed by atoms with Gasteiger partial charge in [0.1, 0.15) is 0 Å². The van der Waals surface area contributed by atoms with Crippen LogP contribution in [0.25, 0.3) is 11.1 Å². The van der Waals surface area contributed by atoms with Crippen LogP contribution in [0.2, 0.25) is 0 Å². The molecule has 0 spiro atoms. The second kappa shape index (κ2) is 6.31. The molecule has 2 aromatic rings. The monoisotopic (exact) mass is 294 g/mol. The van der Waals surface area contributed by atoms with Crippen LogP contribution in [0.3, 0.4) is 0 Å². The van der Waals surface area contributed by atoms with Crippen molar-refractivity contribution in [3.05, 3.63) is 59.7 Å². The first-order valence-electron chi connectivity index (χ1n) is 6.85. The zero-order valence-electron chi connectivity index (χ0n) is 11.7. The van der Waals surface area contributed by atoms with Gasteiger partial charge in [0.15, 0.2) is 0 Å². The number of aliphatic hydroxyl groups excluding tert-OH is 1. The van der Waals surface area contributed by atoms with Crippen LogP contribution in [0, 0.1) is 0 Å². The number of hydrogen-bond donors (Lipinski definition) is 1. The maximum absolute atomic E-state index is 12.5. The highest BCUT2D eigenvalue weighted by molar-refractivity contribution is 5.64. The standard InChI is InChI=1S/C17H17F3O/c1-2-16(21)11-12-3-5-13(6-4-12)14-7-9-15(10-8-14)17(18,19)20/h3-10,16,21H,2,11H2,1H3/t16-/m0/s1. The van der Waals surface area contributed by atoms with E-state index in [1.807, 2.05) is 31.2 Å². The van der Waals surface area contributed by atoms with Crippen molar-refractivity contribution in [3.8, 4) is 11.1 Å². The molecule has 1 nitrogen and oxygen atoms in total. The van der Waals surface area contributed by atoms with E-state index in [1.54, 1.807) is 0 Å². The van der Waals surface area contributed by atoms with Gasteiger partial charge in [0, 0.05) is 0 Å². The van der Waals surface area contributed by atoms with Crippen LogP contribution in [-0.4, -0.2) is 11.2 Å². The number of hydrogen-bond acceptors (Lipinski definition) is 1. The minimum Gasteiger partial charge on any atom is -0.393 e. The Hall–Kier alpha value is -1.81. The molecule has 0 heterocycles. The van der Waals surface area contributed by atoms with Gasteiger partial charge in [-0.25, -0.2) is 0 Å². The maximum Gasteiger partial charge on any atom is 0.416 e. The second-order valence-electron chi connectivity index (χ2n) is 5.04. The molecule has 112 valence electrons. The molecule has 0 saturated heterocycles. The van der Waals surface area contributed by atoms with Crippen molar-refractivity contribution in [2.45, 2.75) is 32.0 Å². The third-order valence-electron chi connectivity index (χ3n) is 3.44. The Labute approximate surface area is 122 Å². The third kappa shape index (κ3) is 4.08. The molecular formula is C17H17F3O. The lowest BCUT2D eigenvalue weighted by Gasteiger charge is -2.10. The summed E-state index contributed by atoms with van der Waals surface area (Å²) < 4.78 is 37.5. The van der Waals surface area contributed by atoms with Gasteiger partial charge >= 0.3 is 6.18 Å². The molecule has 2 rings (SSSR count). The van der Waals surface area contributed by atoms with Gasteiger partial charge in [0.05, 0.1) is 11.7 Å². The van der Waals surface area contributed by atoms with Crippen LogP contribution in [0.4, 0.5) is 13.2 Å². The summed E-state index contributed by atoms with van der Waals surface area (Å²) in [4.78, 5) is 0. The minimum atomic E-state index is -4.31. The summed E-state index contributed by atoms with van der Waals surface area (Å²) in [5.41, 5.74) is 1.97. The SMILES string of the molecule is CC[C@H](O)Cc1ccc(-c2ccc(C(F)(F)F)cc2)cc1. The van der Waals surface area contributed by atoms with E-state index in [-0.39, 0.29) is 6.10 Å². The first kappa shape index (κ1) is 15.6. The maximum atomic E-state index is 12.5. The van der Waals surface area contributed by atoms with Crippen LogP contribution >= 0.6 is 0 Å². The lowest BCUT2D eigenvalue weighted by molar-refractivity contribution is -0.137. The molecule has 0 unspecified atom stereocenters. The number of aliphatic hydroxyl groups is 1. The van der Waals surface area contributed by atoms with Gasteiger partial charge in [-0.1, -0.05) is 43.3 Å². The van der Waals surface area contributed by atoms with Crippen molar-refractivity contribution in [1.29, 1.82) is 0 Å². The highest BCUT2D eigenvalue weighted by Crippen LogP contribution is 2.31. The number of alkyl halides is 3. The fourth-order valence-electron chi connectivity index (χ4n) is 2.10. The summed E-state index contributed by atoms with van der Waals surface area (Å²) in [5, 5.41) is 9.60. The fourth-order valence-corrected chi connectivity index (χ4v) is 2.10. The number of rotatable bonds is 4. The molecule has 21 heavy (non-hydrogen) atoms. The predicted molar refractivity (Wildman–Crippen MR) is 76.9 cm³/mol. The van der Waals surface area contributed by atoms with E-state index in [0.29, 0.717) is 12.8 Å². The van der Waals surface area contributed by atoms with Gasteiger partial charge < -0.3 is 5.11 Å². The van der Waals surface area contributed by atoms with Crippen molar-refractivity contribution in [1.82, 2.24) is 0 Å². The summed E-state index contributed by atoms with van der Waals surface area (Å²) >= 11 is 0. The normalized spacial score (nSPS) is 13.2. The van der Waals surface area contributed by atoms with Gasteiger partial charge in [-0.3, -0.25) is 0 Å². The van der Waals surface area contributed by atoms with Gasteiger partial charge in [-0.15, -0.1) is 0 Å². The molecule has 1 N–H and O–H groups in total. The quantitative estimate of drug-likeness (QED) is 0.867. The molecule has 0 aliphatic rings. The predicted octanol–water partition coefficient (Wildman–Crippen LogP) is 4.69. The summed E-state index contributed by atoms with van der Waals surface area (Å²) in [5.74, 6) is 0. The molecule has 0 amide bonds. The van der Waals surface area contributed by atoms with Crippen LogP contribution in [0.5, 0.6) is 0 Å². The summed E-state index contributed by atoms with van der Waals surface area (Å²) in [6.45, 7) is 1.92. The molecular weight excluding hydrogens is 277 g/mol. The van der Waals surface area contributed by atoms with E-state index in [9.17, 15) is 18.3 Å². The molecule has 0 radical (unpaired) electrons. The van der Waals surface area contributed by atoms with Gasteiger partial charge in [0.2, 0.25) is 0 Å². The fraction of sp³-hybridized carbons (Fsp3) is 0.294. The van der Waals surface area contributed by atoms with E-state index in [1.165, 1.54) is 12.1 Å². The molecule has 0 fully saturated rings. The third-order valence-corrected chi connectivity index (χ3v) is 3.44. The average Bonchev–Trinajstić information content (AvgIpc) is 2.47. The Morgan fingerprint density at radius 2 is 1.38 bits per heavy atom. The van der Waals surface area contributed by atoms with Crippen LogP contribution in [-0.2, 0) is 12.6 Å². The summed E-state index contributed by atoms with van der Waals surface area (Å²) in [6, 6.07) is 12.6. The van der Waals surface area contributed by atoms with Crippen molar-refractivity contribution in [2.75, 3.05) is 0 Å². The molecule has 0 bridgehead atoms. The molecule has 0 saturated carbocycles. The molecule has 0 aromatic heterocycles. The lowest BCUT2D eigenvalue weighted by atomic mass is 10.00. The molecule has 0 aliphatic heterocycles. The first-order valence-corrected chi connectivity index (χ1v) is 6.85.